The van der Waals surface area contributed by atoms with E-state index in [1.807, 2.05) is 18.2 Å². The zero-order valence-electron chi connectivity index (χ0n) is 9.05. The average Bonchev–Trinajstić information content (AvgIpc) is 2.87. The highest BCUT2D eigenvalue weighted by atomic mass is 32.1. The Morgan fingerprint density at radius 2 is 2.06 bits per heavy atom. The van der Waals surface area contributed by atoms with Gasteiger partial charge in [-0.25, -0.2) is 4.98 Å². The molecule has 0 atom stereocenters. The number of rotatable bonds is 2. The highest BCUT2D eigenvalue weighted by molar-refractivity contribution is 7.15. The van der Waals surface area contributed by atoms with Gasteiger partial charge in [-0.15, -0.1) is 11.3 Å². The quantitative estimate of drug-likeness (QED) is 0.885. The third-order valence-corrected chi connectivity index (χ3v) is 3.53. The lowest BCUT2D eigenvalue weighted by Gasteiger charge is -2.18. The van der Waals surface area contributed by atoms with Crippen molar-refractivity contribution in [3.05, 3.63) is 29.3 Å². The van der Waals surface area contributed by atoms with Gasteiger partial charge in [-0.05, 0) is 18.2 Å². The van der Waals surface area contributed by atoms with E-state index in [1.54, 1.807) is 6.20 Å². The predicted molar refractivity (Wildman–Crippen MR) is 64.5 cm³/mol. The van der Waals surface area contributed by atoms with Gasteiger partial charge in [-0.1, -0.05) is 0 Å². The van der Waals surface area contributed by atoms with Crippen molar-refractivity contribution in [3.8, 4) is 22.1 Å². The summed E-state index contributed by atoms with van der Waals surface area (Å²) in [5.41, 5.74) is 0.985. The molecule has 0 bridgehead atoms. The summed E-state index contributed by atoms with van der Waals surface area (Å²) < 4.78 is 11.0. The highest BCUT2D eigenvalue weighted by Gasteiger charge is 2.13. The Balaban J connectivity index is 1.97. The molecule has 0 spiro atoms. The normalized spacial score (nSPS) is 13.7. The summed E-state index contributed by atoms with van der Waals surface area (Å²) >= 11 is 1.48. The first-order valence-corrected chi connectivity index (χ1v) is 6.14. The molecule has 0 aliphatic carbocycles. The van der Waals surface area contributed by atoms with Gasteiger partial charge in [0.05, 0.1) is 11.5 Å². The summed E-state index contributed by atoms with van der Waals surface area (Å²) in [6.07, 6.45) is 1.69. The Labute approximate surface area is 102 Å². The number of aromatic nitrogens is 1. The summed E-state index contributed by atoms with van der Waals surface area (Å²) in [5, 5.41) is 9.90. The second-order valence-electron chi connectivity index (χ2n) is 3.65. The van der Waals surface area contributed by atoms with Crippen LogP contribution in [0.4, 0.5) is 0 Å². The first-order valence-electron chi connectivity index (χ1n) is 5.32. The van der Waals surface area contributed by atoms with Gasteiger partial charge in [-0.3, -0.25) is 0 Å². The van der Waals surface area contributed by atoms with Gasteiger partial charge >= 0.3 is 0 Å². The van der Waals surface area contributed by atoms with Gasteiger partial charge in [0.1, 0.15) is 18.2 Å². The topological polar surface area (TPSA) is 51.6 Å². The molecule has 0 saturated heterocycles. The van der Waals surface area contributed by atoms with Crippen molar-refractivity contribution in [1.29, 1.82) is 0 Å². The van der Waals surface area contributed by atoms with Crippen molar-refractivity contribution in [2.24, 2.45) is 0 Å². The molecule has 17 heavy (non-hydrogen) atoms. The first-order chi connectivity index (χ1) is 8.36. The van der Waals surface area contributed by atoms with Crippen LogP contribution in [0, 0.1) is 0 Å². The van der Waals surface area contributed by atoms with Gasteiger partial charge in [-0.2, -0.15) is 0 Å². The molecular weight excluding hydrogens is 238 g/mol. The van der Waals surface area contributed by atoms with E-state index >= 15 is 0 Å². The van der Waals surface area contributed by atoms with E-state index in [9.17, 15) is 0 Å². The lowest BCUT2D eigenvalue weighted by molar-refractivity contribution is 0.171. The van der Waals surface area contributed by atoms with Crippen LogP contribution in [-0.4, -0.2) is 23.3 Å². The molecule has 0 amide bonds. The number of ether oxygens (including phenoxy) is 2. The van der Waals surface area contributed by atoms with E-state index in [2.05, 4.69) is 4.98 Å². The lowest BCUT2D eigenvalue weighted by Crippen LogP contribution is -2.15. The van der Waals surface area contributed by atoms with Crippen LogP contribution < -0.4 is 9.47 Å². The Bertz CT molecular complexity index is 538. The lowest BCUT2D eigenvalue weighted by atomic mass is 10.2. The highest BCUT2D eigenvalue weighted by Crippen LogP contribution is 2.35. The number of thiazole rings is 1. The average molecular weight is 249 g/mol. The number of fused-ring (bicyclic) bond motifs is 1. The molecule has 2 heterocycles. The van der Waals surface area contributed by atoms with Crippen LogP contribution in [0.15, 0.2) is 24.4 Å². The maximum absolute atomic E-state index is 9.02. The van der Waals surface area contributed by atoms with Crippen LogP contribution in [0.25, 0.3) is 10.6 Å². The number of aliphatic hydroxyl groups excluding tert-OH is 1. The molecule has 2 aromatic rings. The van der Waals surface area contributed by atoms with E-state index < -0.39 is 0 Å². The number of nitrogens with zero attached hydrogens (tertiary/aromatic N) is 1. The van der Waals surface area contributed by atoms with Crippen molar-refractivity contribution >= 4 is 11.3 Å². The molecule has 0 saturated carbocycles. The van der Waals surface area contributed by atoms with Crippen LogP contribution >= 0.6 is 11.3 Å². The summed E-state index contributed by atoms with van der Waals surface area (Å²) in [6.45, 7) is 1.21. The molecule has 1 aliphatic heterocycles. The molecule has 1 aromatic carbocycles. The summed E-state index contributed by atoms with van der Waals surface area (Å²) in [7, 11) is 0. The standard InChI is InChI=1S/C12H11NO3S/c14-7-9-6-13-12(17-9)8-1-2-10-11(5-8)16-4-3-15-10/h1-2,5-6,14H,3-4,7H2. The van der Waals surface area contributed by atoms with E-state index in [-0.39, 0.29) is 6.61 Å². The van der Waals surface area contributed by atoms with Crippen molar-refractivity contribution in [2.75, 3.05) is 13.2 Å². The molecule has 1 aromatic heterocycles. The van der Waals surface area contributed by atoms with E-state index in [1.165, 1.54) is 11.3 Å². The van der Waals surface area contributed by atoms with Crippen LogP contribution in [-0.2, 0) is 6.61 Å². The van der Waals surface area contributed by atoms with E-state index in [0.29, 0.717) is 13.2 Å². The Hall–Kier alpha value is -1.59. The van der Waals surface area contributed by atoms with Crippen LogP contribution in [0.2, 0.25) is 0 Å². The second kappa shape index (κ2) is 4.35. The number of benzene rings is 1. The maximum Gasteiger partial charge on any atom is 0.162 e. The summed E-state index contributed by atoms with van der Waals surface area (Å²) in [5.74, 6) is 1.54. The molecule has 3 rings (SSSR count). The Morgan fingerprint density at radius 1 is 1.24 bits per heavy atom. The molecule has 5 heteroatoms. The van der Waals surface area contributed by atoms with Crippen LogP contribution in [0.1, 0.15) is 4.88 Å². The van der Waals surface area contributed by atoms with E-state index in [4.69, 9.17) is 14.6 Å². The van der Waals surface area contributed by atoms with E-state index in [0.717, 1.165) is 26.9 Å². The summed E-state index contributed by atoms with van der Waals surface area (Å²) in [4.78, 5) is 5.12. The van der Waals surface area contributed by atoms with Gasteiger partial charge in [0.2, 0.25) is 0 Å². The molecule has 1 N–H and O–H groups in total. The molecule has 0 unspecified atom stereocenters. The third kappa shape index (κ3) is 1.99. The molecule has 88 valence electrons. The first kappa shape index (κ1) is 10.6. The number of hydrogen-bond donors (Lipinski definition) is 1. The minimum atomic E-state index is 0.0300. The molecule has 0 fully saturated rings. The minimum absolute atomic E-state index is 0.0300. The van der Waals surface area contributed by atoms with Crippen molar-refractivity contribution in [3.63, 3.8) is 0 Å². The SMILES string of the molecule is OCc1cnc(-c2ccc3c(c2)OCCO3)s1. The molecule has 0 radical (unpaired) electrons. The molecule has 4 nitrogen and oxygen atoms in total. The van der Waals surface area contributed by atoms with Crippen molar-refractivity contribution < 1.29 is 14.6 Å². The number of aliphatic hydroxyl groups is 1. The molecule has 1 aliphatic rings. The fourth-order valence-electron chi connectivity index (χ4n) is 1.69. The van der Waals surface area contributed by atoms with Crippen LogP contribution in [0.5, 0.6) is 11.5 Å². The van der Waals surface area contributed by atoms with Gasteiger partial charge in [0.15, 0.2) is 11.5 Å². The van der Waals surface area contributed by atoms with Crippen molar-refractivity contribution in [1.82, 2.24) is 4.98 Å². The monoisotopic (exact) mass is 249 g/mol. The zero-order valence-corrected chi connectivity index (χ0v) is 9.87. The van der Waals surface area contributed by atoms with Gasteiger partial charge < -0.3 is 14.6 Å². The second-order valence-corrected chi connectivity index (χ2v) is 4.76. The fraction of sp³-hybridized carbons (Fsp3) is 0.250. The maximum atomic E-state index is 9.02. The number of hydrogen-bond acceptors (Lipinski definition) is 5. The Morgan fingerprint density at radius 3 is 2.82 bits per heavy atom. The predicted octanol–water partition coefficient (Wildman–Crippen LogP) is 2.07. The van der Waals surface area contributed by atoms with Gasteiger partial charge in [0.25, 0.3) is 0 Å². The third-order valence-electron chi connectivity index (χ3n) is 2.50. The minimum Gasteiger partial charge on any atom is -0.486 e. The molecular formula is C12H11NO3S. The zero-order chi connectivity index (χ0) is 11.7. The fourth-order valence-corrected chi connectivity index (χ4v) is 2.46. The summed E-state index contributed by atoms with van der Waals surface area (Å²) in [6, 6.07) is 5.77. The van der Waals surface area contributed by atoms with Crippen LogP contribution in [0.3, 0.4) is 0 Å². The largest absolute Gasteiger partial charge is 0.486 e. The van der Waals surface area contributed by atoms with Crippen molar-refractivity contribution in [2.45, 2.75) is 6.61 Å². The Kier molecular flexibility index (Phi) is 2.70. The van der Waals surface area contributed by atoms with Gasteiger partial charge in [0, 0.05) is 11.8 Å². The smallest absolute Gasteiger partial charge is 0.162 e.